The zero-order chi connectivity index (χ0) is 24.8. The standard InChI is InChI=1S/C26H31FN6O2/c1-3-5-24(25-29-30-31-33(25)16-19-7-9-22(27)10-8-19)32(12-4-13-34)17-21-15-20-14-18(2)6-11-23(20)28-26(21)35/h6-11,14-15,24,34H,3-5,12-13,16-17H2,1-2H3,(H,28,35)/t24-/m1/s1. The summed E-state index contributed by atoms with van der Waals surface area (Å²) in [6.07, 6.45) is 2.22. The third kappa shape index (κ3) is 5.98. The van der Waals surface area contributed by atoms with Crippen molar-refractivity contribution in [1.29, 1.82) is 0 Å². The maximum absolute atomic E-state index is 13.4. The summed E-state index contributed by atoms with van der Waals surface area (Å²) in [5.41, 5.74) is 3.34. The van der Waals surface area contributed by atoms with Gasteiger partial charge in [0.1, 0.15) is 5.82 Å². The predicted octanol–water partition coefficient (Wildman–Crippen LogP) is 3.74. The smallest absolute Gasteiger partial charge is 0.252 e. The molecule has 0 aliphatic rings. The minimum Gasteiger partial charge on any atom is -0.396 e. The fourth-order valence-electron chi connectivity index (χ4n) is 4.40. The molecule has 0 saturated carbocycles. The number of pyridine rings is 1. The number of aromatic nitrogens is 5. The van der Waals surface area contributed by atoms with Crippen LogP contribution in [0, 0.1) is 12.7 Å². The first kappa shape index (κ1) is 24.7. The molecule has 2 N–H and O–H groups in total. The molecule has 8 nitrogen and oxygen atoms in total. The Kier molecular flexibility index (Phi) is 7.99. The van der Waals surface area contributed by atoms with E-state index >= 15 is 0 Å². The third-order valence-electron chi connectivity index (χ3n) is 6.16. The Labute approximate surface area is 203 Å². The van der Waals surface area contributed by atoms with Crippen LogP contribution in [-0.2, 0) is 13.1 Å². The molecule has 2 aromatic carbocycles. The number of halogens is 1. The summed E-state index contributed by atoms with van der Waals surface area (Å²) in [6, 6.07) is 14.0. The lowest BCUT2D eigenvalue weighted by molar-refractivity contribution is 0.148. The van der Waals surface area contributed by atoms with E-state index in [1.54, 1.807) is 16.8 Å². The van der Waals surface area contributed by atoms with Crippen LogP contribution in [0.5, 0.6) is 0 Å². The molecule has 0 unspecified atom stereocenters. The minimum atomic E-state index is -0.291. The van der Waals surface area contributed by atoms with E-state index in [-0.39, 0.29) is 24.0 Å². The molecule has 4 aromatic rings. The molecule has 0 aliphatic carbocycles. The van der Waals surface area contributed by atoms with Crippen molar-refractivity contribution in [3.05, 3.63) is 87.2 Å². The second-order valence-corrected chi connectivity index (χ2v) is 8.89. The van der Waals surface area contributed by atoms with Crippen LogP contribution in [0.15, 0.2) is 53.3 Å². The lowest BCUT2D eigenvalue weighted by Gasteiger charge is -2.30. The number of hydrogen-bond acceptors (Lipinski definition) is 6. The summed E-state index contributed by atoms with van der Waals surface area (Å²) in [4.78, 5) is 18.1. The SMILES string of the molecule is CCC[C@H](c1nnnn1Cc1ccc(F)cc1)N(CCCO)Cc1cc2cc(C)ccc2[nH]c1=O. The third-order valence-corrected chi connectivity index (χ3v) is 6.16. The van der Waals surface area contributed by atoms with Gasteiger partial charge in [-0.25, -0.2) is 9.07 Å². The highest BCUT2D eigenvalue weighted by atomic mass is 19.1. The van der Waals surface area contributed by atoms with Crippen LogP contribution in [0.25, 0.3) is 10.9 Å². The van der Waals surface area contributed by atoms with E-state index in [1.165, 1.54) is 12.1 Å². The van der Waals surface area contributed by atoms with Crippen LogP contribution >= 0.6 is 0 Å². The minimum absolute atomic E-state index is 0.0448. The number of H-pyrrole nitrogens is 1. The van der Waals surface area contributed by atoms with Crippen LogP contribution in [0.3, 0.4) is 0 Å². The van der Waals surface area contributed by atoms with E-state index in [2.05, 4.69) is 38.4 Å². The molecule has 0 amide bonds. The number of aryl methyl sites for hydroxylation is 1. The summed E-state index contributed by atoms with van der Waals surface area (Å²) in [5, 5.41) is 23.0. The summed E-state index contributed by atoms with van der Waals surface area (Å²) >= 11 is 0. The number of nitrogens with one attached hydrogen (secondary N) is 1. The Morgan fingerprint density at radius 2 is 1.97 bits per heavy atom. The highest BCUT2D eigenvalue weighted by Gasteiger charge is 2.26. The molecule has 2 heterocycles. The second kappa shape index (κ2) is 11.3. The van der Waals surface area contributed by atoms with E-state index in [1.807, 2.05) is 25.1 Å². The number of aliphatic hydroxyl groups is 1. The zero-order valence-corrected chi connectivity index (χ0v) is 20.1. The van der Waals surface area contributed by atoms with Gasteiger partial charge in [-0.05, 0) is 71.5 Å². The van der Waals surface area contributed by atoms with Crippen molar-refractivity contribution in [3.63, 3.8) is 0 Å². The first-order chi connectivity index (χ1) is 17.0. The van der Waals surface area contributed by atoms with Crippen LogP contribution in [-0.4, -0.2) is 48.3 Å². The lowest BCUT2D eigenvalue weighted by atomic mass is 10.1. The monoisotopic (exact) mass is 478 g/mol. The summed E-state index contributed by atoms with van der Waals surface area (Å²) < 4.78 is 15.1. The topological polar surface area (TPSA) is 99.9 Å². The number of rotatable bonds is 11. The molecule has 0 saturated heterocycles. The van der Waals surface area contributed by atoms with Crippen LogP contribution in [0.2, 0.25) is 0 Å². The number of benzene rings is 2. The Morgan fingerprint density at radius 1 is 1.17 bits per heavy atom. The van der Waals surface area contributed by atoms with Crippen molar-refractivity contribution in [2.75, 3.05) is 13.2 Å². The molecule has 35 heavy (non-hydrogen) atoms. The highest BCUT2D eigenvalue weighted by molar-refractivity contribution is 5.79. The summed E-state index contributed by atoms with van der Waals surface area (Å²) in [6.45, 7) is 5.55. The number of hydrogen-bond donors (Lipinski definition) is 2. The van der Waals surface area contributed by atoms with Crippen LogP contribution < -0.4 is 5.56 Å². The fraction of sp³-hybridized carbons (Fsp3) is 0.385. The molecule has 0 radical (unpaired) electrons. The molecule has 0 fully saturated rings. The van der Waals surface area contributed by atoms with Gasteiger partial charge in [-0.3, -0.25) is 9.69 Å². The maximum Gasteiger partial charge on any atom is 0.252 e. The number of aromatic amines is 1. The van der Waals surface area contributed by atoms with Crippen molar-refractivity contribution < 1.29 is 9.50 Å². The Bertz CT molecular complexity index is 1320. The number of aliphatic hydroxyl groups excluding tert-OH is 1. The van der Waals surface area contributed by atoms with Crippen LogP contribution in [0.4, 0.5) is 4.39 Å². The number of nitrogens with zero attached hydrogens (tertiary/aromatic N) is 5. The quantitative estimate of drug-likeness (QED) is 0.341. The van der Waals surface area contributed by atoms with Gasteiger partial charge in [0.25, 0.3) is 5.56 Å². The predicted molar refractivity (Wildman–Crippen MR) is 132 cm³/mol. The van der Waals surface area contributed by atoms with Gasteiger partial charge in [0.15, 0.2) is 5.82 Å². The van der Waals surface area contributed by atoms with Gasteiger partial charge in [0.2, 0.25) is 0 Å². The Morgan fingerprint density at radius 3 is 2.71 bits per heavy atom. The van der Waals surface area contributed by atoms with E-state index in [0.29, 0.717) is 37.4 Å². The van der Waals surface area contributed by atoms with Gasteiger partial charge in [0, 0.05) is 30.8 Å². The molecule has 9 heteroatoms. The van der Waals surface area contributed by atoms with E-state index in [9.17, 15) is 14.3 Å². The molecule has 4 rings (SSSR count). The van der Waals surface area contributed by atoms with E-state index in [0.717, 1.165) is 34.9 Å². The van der Waals surface area contributed by atoms with Gasteiger partial charge in [0.05, 0.1) is 12.6 Å². The van der Waals surface area contributed by atoms with Crippen molar-refractivity contribution >= 4 is 10.9 Å². The van der Waals surface area contributed by atoms with E-state index in [4.69, 9.17) is 0 Å². The van der Waals surface area contributed by atoms with Crippen molar-refractivity contribution in [2.45, 2.75) is 52.2 Å². The highest BCUT2D eigenvalue weighted by Crippen LogP contribution is 2.26. The zero-order valence-electron chi connectivity index (χ0n) is 20.1. The normalized spacial score (nSPS) is 12.5. The fourth-order valence-corrected chi connectivity index (χ4v) is 4.40. The van der Waals surface area contributed by atoms with Crippen molar-refractivity contribution in [2.24, 2.45) is 0 Å². The van der Waals surface area contributed by atoms with Gasteiger partial charge in [-0.15, -0.1) is 5.10 Å². The molecular weight excluding hydrogens is 447 g/mol. The van der Waals surface area contributed by atoms with Gasteiger partial charge >= 0.3 is 0 Å². The van der Waals surface area contributed by atoms with Crippen molar-refractivity contribution in [1.82, 2.24) is 30.1 Å². The first-order valence-electron chi connectivity index (χ1n) is 12.0. The molecule has 0 spiro atoms. The lowest BCUT2D eigenvalue weighted by Crippen LogP contribution is -2.34. The maximum atomic E-state index is 13.4. The van der Waals surface area contributed by atoms with Crippen molar-refractivity contribution in [3.8, 4) is 0 Å². The average Bonchev–Trinajstić information content (AvgIpc) is 3.30. The van der Waals surface area contributed by atoms with Gasteiger partial charge < -0.3 is 10.1 Å². The van der Waals surface area contributed by atoms with Gasteiger partial charge in [-0.1, -0.05) is 37.1 Å². The van der Waals surface area contributed by atoms with Crippen LogP contribution in [0.1, 0.15) is 54.7 Å². The summed E-state index contributed by atoms with van der Waals surface area (Å²) in [7, 11) is 0. The first-order valence-corrected chi connectivity index (χ1v) is 12.0. The molecule has 2 aromatic heterocycles. The molecular formula is C26H31FN6O2. The summed E-state index contributed by atoms with van der Waals surface area (Å²) in [5.74, 6) is 0.391. The Balaban J connectivity index is 1.67. The molecule has 184 valence electrons. The Hall–Kier alpha value is -3.43. The number of tetrazole rings is 1. The number of fused-ring (bicyclic) bond motifs is 1. The molecule has 0 aliphatic heterocycles. The van der Waals surface area contributed by atoms with Gasteiger partial charge in [-0.2, -0.15) is 0 Å². The molecule has 0 bridgehead atoms. The second-order valence-electron chi connectivity index (χ2n) is 8.89. The van der Waals surface area contributed by atoms with E-state index < -0.39 is 0 Å². The molecule has 1 atom stereocenters. The average molecular weight is 479 g/mol. The largest absolute Gasteiger partial charge is 0.396 e.